The van der Waals surface area contributed by atoms with E-state index in [2.05, 4.69) is 15.2 Å². The van der Waals surface area contributed by atoms with Gasteiger partial charge in [-0.25, -0.2) is 0 Å². The van der Waals surface area contributed by atoms with E-state index in [-0.39, 0.29) is 5.91 Å². The van der Waals surface area contributed by atoms with E-state index in [0.717, 1.165) is 22.3 Å². The van der Waals surface area contributed by atoms with Gasteiger partial charge in [0.2, 0.25) is 0 Å². The van der Waals surface area contributed by atoms with Crippen LogP contribution in [0.5, 0.6) is 5.75 Å². The zero-order valence-corrected chi connectivity index (χ0v) is 20.0. The van der Waals surface area contributed by atoms with Gasteiger partial charge < -0.3 is 25.0 Å². The molecule has 1 atom stereocenters. The Morgan fingerprint density at radius 2 is 1.69 bits per heavy atom. The number of amides is 1. The van der Waals surface area contributed by atoms with E-state index >= 15 is 0 Å². The Kier molecular flexibility index (Phi) is 6.60. The number of carboxylic acid groups (broad SMARTS) is 1. The molecule has 0 unspecified atom stereocenters. The van der Waals surface area contributed by atoms with Gasteiger partial charge in [-0.15, -0.1) is 0 Å². The van der Waals surface area contributed by atoms with Gasteiger partial charge in [0, 0.05) is 60.1 Å². The number of aliphatic carboxylic acids is 1. The Morgan fingerprint density at radius 3 is 2.42 bits per heavy atom. The normalized spacial score (nSPS) is 15.0. The number of ether oxygens (including phenoxy) is 1. The number of benzene rings is 3. The Bertz CT molecular complexity index is 1380. The number of anilines is 2. The lowest BCUT2D eigenvalue weighted by atomic mass is 10.0. The first-order valence-electron chi connectivity index (χ1n) is 11.9. The minimum Gasteiger partial charge on any atom is -0.495 e. The minimum atomic E-state index is -0.886. The lowest BCUT2D eigenvalue weighted by molar-refractivity contribution is -0.143. The maximum Gasteiger partial charge on any atom is 0.325 e. The number of nitrogens with one attached hydrogen (secondary N) is 2. The van der Waals surface area contributed by atoms with Crippen LogP contribution in [-0.2, 0) is 4.79 Å². The second-order valence-corrected chi connectivity index (χ2v) is 8.76. The molecule has 36 heavy (non-hydrogen) atoms. The molecule has 0 bridgehead atoms. The Hall–Kier alpha value is -4.30. The zero-order chi connectivity index (χ0) is 25.1. The summed E-state index contributed by atoms with van der Waals surface area (Å²) in [5.41, 5.74) is 3.72. The third kappa shape index (κ3) is 4.63. The van der Waals surface area contributed by atoms with Gasteiger partial charge in [0.25, 0.3) is 5.91 Å². The number of carbonyl (C=O) groups excluding carboxylic acids is 1. The standard InChI is InChI=1S/C28H28N4O4/c1-36-25-10-6-5-9-24(25)31-13-15-32(16-14-31)26(28(34)35)22-18-29-23-17-20(11-12-21(22)23)30-27(33)19-7-3-2-4-8-19/h2-12,17-18,26,29H,13-16H2,1H3,(H,30,33)(H,34,35)/t26-/m0/s1. The molecule has 0 radical (unpaired) electrons. The van der Waals surface area contributed by atoms with E-state index in [1.54, 1.807) is 31.5 Å². The first kappa shape index (κ1) is 23.4. The van der Waals surface area contributed by atoms with Gasteiger partial charge in [0.05, 0.1) is 12.8 Å². The summed E-state index contributed by atoms with van der Waals surface area (Å²) in [7, 11) is 1.66. The van der Waals surface area contributed by atoms with Gasteiger partial charge in [0.1, 0.15) is 11.8 Å². The predicted molar refractivity (Wildman–Crippen MR) is 140 cm³/mol. The number of piperazine rings is 1. The molecule has 1 saturated heterocycles. The summed E-state index contributed by atoms with van der Waals surface area (Å²) in [6.07, 6.45) is 1.76. The van der Waals surface area contributed by atoms with E-state index in [1.165, 1.54) is 0 Å². The highest BCUT2D eigenvalue weighted by atomic mass is 16.5. The number of nitrogens with zero attached hydrogens (tertiary/aromatic N) is 2. The number of rotatable bonds is 7. The van der Waals surface area contributed by atoms with Crippen LogP contribution in [-0.4, -0.2) is 60.2 Å². The van der Waals surface area contributed by atoms with Crippen molar-refractivity contribution in [1.82, 2.24) is 9.88 Å². The molecule has 0 spiro atoms. The number of hydrogen-bond donors (Lipinski definition) is 3. The second-order valence-electron chi connectivity index (χ2n) is 8.76. The molecular weight excluding hydrogens is 456 g/mol. The quantitative estimate of drug-likeness (QED) is 0.360. The molecule has 0 saturated carbocycles. The summed E-state index contributed by atoms with van der Waals surface area (Å²) in [6.45, 7) is 2.60. The van der Waals surface area contributed by atoms with Crippen molar-refractivity contribution in [2.75, 3.05) is 43.5 Å². The average molecular weight is 485 g/mol. The highest BCUT2D eigenvalue weighted by Gasteiger charge is 2.32. The highest BCUT2D eigenvalue weighted by molar-refractivity contribution is 6.05. The van der Waals surface area contributed by atoms with Crippen molar-refractivity contribution >= 4 is 34.2 Å². The molecule has 0 aliphatic carbocycles. The summed E-state index contributed by atoms with van der Waals surface area (Å²) in [4.78, 5) is 32.4. The number of carboxylic acids is 1. The van der Waals surface area contributed by atoms with Crippen molar-refractivity contribution in [3.8, 4) is 5.75 Å². The van der Waals surface area contributed by atoms with Gasteiger partial charge in [-0.05, 0) is 36.4 Å². The first-order valence-corrected chi connectivity index (χ1v) is 11.9. The Labute approximate surface area is 209 Å². The summed E-state index contributed by atoms with van der Waals surface area (Å²) in [6, 6.07) is 21.6. The summed E-state index contributed by atoms with van der Waals surface area (Å²) >= 11 is 0. The highest BCUT2D eigenvalue weighted by Crippen LogP contribution is 2.33. The van der Waals surface area contributed by atoms with Crippen LogP contribution in [0.4, 0.5) is 11.4 Å². The monoisotopic (exact) mass is 484 g/mol. The summed E-state index contributed by atoms with van der Waals surface area (Å²) < 4.78 is 5.50. The fourth-order valence-corrected chi connectivity index (χ4v) is 4.84. The fourth-order valence-electron chi connectivity index (χ4n) is 4.84. The number of methoxy groups -OCH3 is 1. The van der Waals surface area contributed by atoms with Crippen molar-refractivity contribution < 1.29 is 19.4 Å². The average Bonchev–Trinajstić information content (AvgIpc) is 3.32. The second kappa shape index (κ2) is 10.1. The van der Waals surface area contributed by atoms with Crippen LogP contribution >= 0.6 is 0 Å². The van der Waals surface area contributed by atoms with Crippen LogP contribution in [0.1, 0.15) is 22.0 Å². The minimum absolute atomic E-state index is 0.196. The van der Waals surface area contributed by atoms with Gasteiger partial charge in [-0.2, -0.15) is 0 Å². The number of fused-ring (bicyclic) bond motifs is 1. The maximum atomic E-state index is 12.5. The van der Waals surface area contributed by atoms with Crippen molar-refractivity contribution in [1.29, 1.82) is 0 Å². The van der Waals surface area contributed by atoms with Gasteiger partial charge in [-0.1, -0.05) is 36.4 Å². The maximum absolute atomic E-state index is 12.5. The van der Waals surface area contributed by atoms with Crippen LogP contribution in [0.25, 0.3) is 10.9 Å². The molecule has 1 aliphatic rings. The van der Waals surface area contributed by atoms with Crippen molar-refractivity contribution in [2.24, 2.45) is 0 Å². The van der Waals surface area contributed by atoms with Gasteiger partial charge in [0.15, 0.2) is 0 Å². The van der Waals surface area contributed by atoms with E-state index < -0.39 is 12.0 Å². The van der Waals surface area contributed by atoms with Gasteiger partial charge >= 0.3 is 5.97 Å². The molecule has 1 aromatic heterocycles. The van der Waals surface area contributed by atoms with Crippen molar-refractivity contribution in [3.05, 3.63) is 90.1 Å². The molecule has 3 aromatic carbocycles. The molecule has 184 valence electrons. The Balaban J connectivity index is 1.33. The third-order valence-electron chi connectivity index (χ3n) is 6.64. The molecule has 4 aromatic rings. The number of aromatic amines is 1. The Morgan fingerprint density at radius 1 is 0.972 bits per heavy atom. The largest absolute Gasteiger partial charge is 0.495 e. The molecule has 3 N–H and O–H groups in total. The third-order valence-corrected chi connectivity index (χ3v) is 6.64. The SMILES string of the molecule is COc1ccccc1N1CCN([C@H](C(=O)O)c2c[nH]c3cc(NC(=O)c4ccccc4)ccc23)CC1. The van der Waals surface area contributed by atoms with E-state index in [4.69, 9.17) is 4.74 Å². The molecular formula is C28H28N4O4. The fraction of sp³-hybridized carbons (Fsp3) is 0.214. The lowest BCUT2D eigenvalue weighted by Gasteiger charge is -2.39. The number of H-pyrrole nitrogens is 1. The van der Waals surface area contributed by atoms with Crippen molar-refractivity contribution in [2.45, 2.75) is 6.04 Å². The molecule has 1 amide bonds. The molecule has 2 heterocycles. The zero-order valence-electron chi connectivity index (χ0n) is 20.0. The van der Waals surface area contributed by atoms with Crippen molar-refractivity contribution in [3.63, 3.8) is 0 Å². The molecule has 1 aliphatic heterocycles. The summed E-state index contributed by atoms with van der Waals surface area (Å²) in [5, 5.41) is 13.9. The lowest BCUT2D eigenvalue weighted by Crippen LogP contribution is -2.49. The summed E-state index contributed by atoms with van der Waals surface area (Å²) in [5.74, 6) is -0.270. The van der Waals surface area contributed by atoms with Crippen LogP contribution in [0.3, 0.4) is 0 Å². The number of carbonyl (C=O) groups is 2. The van der Waals surface area contributed by atoms with E-state index in [0.29, 0.717) is 43.0 Å². The van der Waals surface area contributed by atoms with Crippen LogP contribution < -0.4 is 15.0 Å². The van der Waals surface area contributed by atoms with Gasteiger partial charge in [-0.3, -0.25) is 14.5 Å². The molecule has 8 nitrogen and oxygen atoms in total. The molecule has 8 heteroatoms. The molecule has 5 rings (SSSR count). The number of hydrogen-bond acceptors (Lipinski definition) is 5. The van der Waals surface area contributed by atoms with Crippen LogP contribution in [0, 0.1) is 0 Å². The van der Waals surface area contributed by atoms with Crippen LogP contribution in [0.15, 0.2) is 79.0 Å². The number of aromatic nitrogens is 1. The van der Waals surface area contributed by atoms with Crippen LogP contribution in [0.2, 0.25) is 0 Å². The first-order chi connectivity index (χ1) is 17.5. The smallest absolute Gasteiger partial charge is 0.325 e. The molecule has 1 fully saturated rings. The van der Waals surface area contributed by atoms with E-state index in [1.807, 2.05) is 59.5 Å². The van der Waals surface area contributed by atoms with E-state index in [9.17, 15) is 14.7 Å². The predicted octanol–water partition coefficient (Wildman–Crippen LogP) is 4.38. The number of para-hydroxylation sites is 2. The topological polar surface area (TPSA) is 97.9 Å².